The van der Waals surface area contributed by atoms with Gasteiger partial charge in [-0.1, -0.05) is 32.0 Å². The Kier molecular flexibility index (Phi) is 7.28. The molecule has 2 aromatic carbocycles. The summed E-state index contributed by atoms with van der Waals surface area (Å²) in [5.74, 6) is -0.746. The number of hydrogen-bond acceptors (Lipinski definition) is 6. The number of carboxylic acid groups (broad SMARTS) is 1. The molecule has 0 saturated heterocycles. The van der Waals surface area contributed by atoms with Gasteiger partial charge in [0.15, 0.2) is 5.75 Å². The third kappa shape index (κ3) is 5.11. The van der Waals surface area contributed by atoms with E-state index in [0.29, 0.717) is 36.5 Å². The van der Waals surface area contributed by atoms with Crippen molar-refractivity contribution in [3.63, 3.8) is 0 Å². The molecule has 0 fully saturated rings. The van der Waals surface area contributed by atoms with E-state index in [-0.39, 0.29) is 21.9 Å². The molecular formula is C26H26N2O5S2. The number of carbonyl (C=O) groups is 1. The summed E-state index contributed by atoms with van der Waals surface area (Å²) in [5, 5.41) is 16.9. The van der Waals surface area contributed by atoms with Gasteiger partial charge < -0.3 is 15.2 Å². The molecule has 0 unspecified atom stereocenters. The van der Waals surface area contributed by atoms with Crippen molar-refractivity contribution in [3.05, 3.63) is 93.9 Å². The maximum absolute atomic E-state index is 14.1. The van der Waals surface area contributed by atoms with Crippen LogP contribution in [-0.2, 0) is 29.4 Å². The lowest BCUT2D eigenvalue weighted by Crippen LogP contribution is -2.20. The minimum Gasteiger partial charge on any atom is -0.478 e. The largest absolute Gasteiger partial charge is 0.478 e. The number of hydrogen-bond donors (Lipinski definition) is 2. The van der Waals surface area contributed by atoms with Crippen LogP contribution in [0.1, 0.15) is 41.2 Å². The summed E-state index contributed by atoms with van der Waals surface area (Å²) in [7, 11) is -4.19. The van der Waals surface area contributed by atoms with Crippen molar-refractivity contribution in [3.8, 4) is 11.5 Å². The first-order valence-corrected chi connectivity index (χ1v) is 13.6. The molecule has 7 nitrogen and oxygen atoms in total. The van der Waals surface area contributed by atoms with E-state index in [9.17, 15) is 18.3 Å². The van der Waals surface area contributed by atoms with Crippen molar-refractivity contribution in [1.82, 2.24) is 3.97 Å². The molecule has 0 spiro atoms. The summed E-state index contributed by atoms with van der Waals surface area (Å²) in [6.45, 7) is 4.13. The van der Waals surface area contributed by atoms with Gasteiger partial charge in [-0.05, 0) is 71.6 Å². The Morgan fingerprint density at radius 1 is 1.03 bits per heavy atom. The summed E-state index contributed by atoms with van der Waals surface area (Å²) in [5.41, 5.74) is 2.33. The molecule has 182 valence electrons. The molecule has 0 saturated carbocycles. The number of rotatable bonds is 10. The topological polar surface area (TPSA) is 97.6 Å². The Morgan fingerprint density at radius 3 is 2.29 bits per heavy atom. The molecule has 0 bridgehead atoms. The van der Waals surface area contributed by atoms with Crippen molar-refractivity contribution >= 4 is 33.0 Å². The molecule has 2 N–H and O–H groups in total. The van der Waals surface area contributed by atoms with E-state index in [2.05, 4.69) is 5.32 Å². The lowest BCUT2D eigenvalue weighted by Gasteiger charge is -2.20. The second-order valence-electron chi connectivity index (χ2n) is 7.85. The highest BCUT2D eigenvalue weighted by atomic mass is 32.2. The van der Waals surface area contributed by atoms with E-state index in [1.54, 1.807) is 36.4 Å². The van der Waals surface area contributed by atoms with Gasteiger partial charge in [-0.25, -0.2) is 17.2 Å². The third-order valence-electron chi connectivity index (χ3n) is 5.56. The highest BCUT2D eigenvalue weighted by molar-refractivity contribution is 7.90. The Labute approximate surface area is 208 Å². The zero-order valence-electron chi connectivity index (χ0n) is 19.4. The number of aryl methyl sites for hydroxylation is 2. The molecule has 2 heterocycles. The summed E-state index contributed by atoms with van der Waals surface area (Å²) in [4.78, 5) is 11.8. The highest BCUT2D eigenvalue weighted by Crippen LogP contribution is 2.39. The van der Waals surface area contributed by atoms with Gasteiger partial charge in [-0.3, -0.25) is 0 Å². The first-order valence-electron chi connectivity index (χ1n) is 11.2. The second-order valence-corrected chi connectivity index (χ2v) is 10.4. The average Bonchev–Trinajstić information content (AvgIpc) is 3.53. The van der Waals surface area contributed by atoms with Crippen LogP contribution in [0.5, 0.6) is 11.5 Å². The molecule has 4 rings (SSSR count). The molecule has 0 aliphatic carbocycles. The smallest absolute Gasteiger partial charge is 0.335 e. The molecule has 0 radical (unpaired) electrons. The second kappa shape index (κ2) is 10.4. The minimum atomic E-state index is -4.19. The maximum atomic E-state index is 14.1. The van der Waals surface area contributed by atoms with Gasteiger partial charge in [0.1, 0.15) is 10.6 Å². The van der Waals surface area contributed by atoms with E-state index in [1.165, 1.54) is 27.4 Å². The average molecular weight is 511 g/mol. The Morgan fingerprint density at radius 2 is 1.71 bits per heavy atom. The molecule has 0 aliphatic rings. The third-order valence-corrected chi connectivity index (χ3v) is 8.10. The van der Waals surface area contributed by atoms with Crippen LogP contribution in [0.25, 0.3) is 0 Å². The summed E-state index contributed by atoms with van der Waals surface area (Å²) in [6.07, 6.45) is 0.992. The predicted octanol–water partition coefficient (Wildman–Crippen LogP) is 6.01. The lowest BCUT2D eigenvalue weighted by molar-refractivity contribution is 0.0696. The van der Waals surface area contributed by atoms with Gasteiger partial charge in [0.2, 0.25) is 0 Å². The maximum Gasteiger partial charge on any atom is 0.335 e. The SMILES string of the molecule is CCc1ccc(CC)n1S(=O)(=O)c1cc(C(=O)O)cc(NCc2ccsc2)c1Oc1ccccc1. The van der Waals surface area contributed by atoms with Crippen molar-refractivity contribution in [2.24, 2.45) is 0 Å². The minimum absolute atomic E-state index is 0.0502. The zero-order valence-corrected chi connectivity index (χ0v) is 21.0. The fraction of sp³-hybridized carbons (Fsp3) is 0.192. The number of thiophene rings is 1. The number of aromatic carboxylic acids is 1. The quantitative estimate of drug-likeness (QED) is 0.271. The summed E-state index contributed by atoms with van der Waals surface area (Å²) < 4.78 is 35.6. The number of para-hydroxylation sites is 1. The first-order chi connectivity index (χ1) is 16.8. The predicted molar refractivity (Wildman–Crippen MR) is 137 cm³/mol. The molecule has 0 amide bonds. The number of nitrogens with zero attached hydrogens (tertiary/aromatic N) is 1. The van der Waals surface area contributed by atoms with Gasteiger partial charge >= 0.3 is 5.97 Å². The van der Waals surface area contributed by atoms with Crippen molar-refractivity contribution in [1.29, 1.82) is 0 Å². The molecule has 0 atom stereocenters. The van der Waals surface area contributed by atoms with Crippen molar-refractivity contribution in [2.75, 3.05) is 5.32 Å². The number of anilines is 1. The summed E-state index contributed by atoms with van der Waals surface area (Å²) in [6, 6.07) is 16.9. The van der Waals surface area contributed by atoms with Crippen molar-refractivity contribution < 1.29 is 23.1 Å². The molecular weight excluding hydrogens is 484 g/mol. The number of benzene rings is 2. The van der Waals surface area contributed by atoms with Crippen LogP contribution in [0, 0.1) is 0 Å². The Balaban J connectivity index is 1.95. The summed E-state index contributed by atoms with van der Waals surface area (Å²) >= 11 is 1.54. The molecule has 2 aromatic heterocycles. The molecule has 0 aliphatic heterocycles. The zero-order chi connectivity index (χ0) is 25.0. The van der Waals surface area contributed by atoms with Crippen molar-refractivity contribution in [2.45, 2.75) is 38.1 Å². The monoisotopic (exact) mass is 510 g/mol. The van der Waals surface area contributed by atoms with Crippen LogP contribution < -0.4 is 10.1 Å². The van der Waals surface area contributed by atoms with E-state index in [1.807, 2.05) is 36.7 Å². The van der Waals surface area contributed by atoms with Crippen LogP contribution in [0.4, 0.5) is 5.69 Å². The van der Waals surface area contributed by atoms with Gasteiger partial charge in [0, 0.05) is 17.9 Å². The van der Waals surface area contributed by atoms with Crippen LogP contribution >= 0.6 is 11.3 Å². The van der Waals surface area contributed by atoms with Crippen LogP contribution in [0.3, 0.4) is 0 Å². The van der Waals surface area contributed by atoms with Gasteiger partial charge in [0.05, 0.1) is 11.3 Å². The van der Waals surface area contributed by atoms with Crippen LogP contribution in [0.2, 0.25) is 0 Å². The fourth-order valence-corrected chi connectivity index (χ4v) is 6.32. The van der Waals surface area contributed by atoms with E-state index in [4.69, 9.17) is 4.74 Å². The Bertz CT molecular complexity index is 1400. The van der Waals surface area contributed by atoms with Crippen LogP contribution in [0.15, 0.2) is 76.3 Å². The normalized spacial score (nSPS) is 11.4. The highest BCUT2D eigenvalue weighted by Gasteiger charge is 2.30. The van der Waals surface area contributed by atoms with E-state index < -0.39 is 16.0 Å². The van der Waals surface area contributed by atoms with E-state index in [0.717, 1.165) is 5.56 Å². The molecule has 4 aromatic rings. The number of nitrogens with one attached hydrogen (secondary N) is 1. The van der Waals surface area contributed by atoms with Gasteiger partial charge in [0.25, 0.3) is 10.0 Å². The molecule has 35 heavy (non-hydrogen) atoms. The number of aromatic nitrogens is 1. The van der Waals surface area contributed by atoms with Gasteiger partial charge in [-0.2, -0.15) is 11.3 Å². The standard InChI is InChI=1S/C26H26N2O5S2/c1-3-20-10-11-21(4-2)28(20)35(31,32)24-15-19(26(29)30)14-23(27-16-18-12-13-34-17-18)25(24)33-22-8-6-5-7-9-22/h5-15,17,27H,3-4,16H2,1-2H3,(H,29,30). The lowest BCUT2D eigenvalue weighted by atomic mass is 10.1. The number of carboxylic acids is 1. The Hall–Kier alpha value is -3.56. The molecule has 9 heteroatoms. The fourth-order valence-electron chi connectivity index (χ4n) is 3.79. The van der Waals surface area contributed by atoms with Crippen LogP contribution in [-0.4, -0.2) is 23.5 Å². The number of ether oxygens (including phenoxy) is 1. The first kappa shape index (κ1) is 24.6. The van der Waals surface area contributed by atoms with E-state index >= 15 is 0 Å². The van der Waals surface area contributed by atoms with Gasteiger partial charge in [-0.15, -0.1) is 0 Å².